The first-order valence-corrected chi connectivity index (χ1v) is 28.9. The van der Waals surface area contributed by atoms with Crippen molar-refractivity contribution in [1.29, 1.82) is 0 Å². The van der Waals surface area contributed by atoms with Gasteiger partial charge in [-0.15, -0.1) is 0 Å². The van der Waals surface area contributed by atoms with Gasteiger partial charge in [0.1, 0.15) is 13.2 Å². The topological polar surface area (TPSA) is 78.9 Å². The highest BCUT2D eigenvalue weighted by Gasteiger charge is 2.19. The Morgan fingerprint density at radius 2 is 0.588 bits per heavy atom. The van der Waals surface area contributed by atoms with Crippen molar-refractivity contribution in [3.63, 3.8) is 0 Å². The summed E-state index contributed by atoms with van der Waals surface area (Å²) in [6.45, 7) is 6.50. The molecule has 392 valence electrons. The summed E-state index contributed by atoms with van der Waals surface area (Å²) in [7, 11) is 0. The molecule has 0 aliphatic heterocycles. The van der Waals surface area contributed by atoms with E-state index in [2.05, 4.69) is 93.7 Å². The lowest BCUT2D eigenvalue weighted by Crippen LogP contribution is -2.30. The number of ether oxygens (including phenoxy) is 3. The first-order valence-electron chi connectivity index (χ1n) is 28.9. The van der Waals surface area contributed by atoms with Crippen LogP contribution >= 0.6 is 0 Å². The highest BCUT2D eigenvalue weighted by molar-refractivity contribution is 5.71. The van der Waals surface area contributed by atoms with Crippen LogP contribution in [0.4, 0.5) is 0 Å². The van der Waals surface area contributed by atoms with Gasteiger partial charge in [-0.2, -0.15) is 0 Å². The minimum Gasteiger partial charge on any atom is -0.462 e. The van der Waals surface area contributed by atoms with Crippen LogP contribution in [-0.2, 0) is 28.6 Å². The number of carbonyl (C=O) groups excluding carboxylic acids is 3. The van der Waals surface area contributed by atoms with Crippen LogP contribution in [0.1, 0.15) is 284 Å². The monoisotopic (exact) mass is 949 g/mol. The zero-order valence-corrected chi connectivity index (χ0v) is 44.9. The molecule has 0 N–H and O–H groups in total. The maximum absolute atomic E-state index is 12.8. The van der Waals surface area contributed by atoms with E-state index in [9.17, 15) is 14.4 Å². The molecule has 68 heavy (non-hydrogen) atoms. The molecule has 0 aliphatic rings. The van der Waals surface area contributed by atoms with Gasteiger partial charge in [-0.25, -0.2) is 0 Å². The fourth-order valence-electron chi connectivity index (χ4n) is 8.12. The number of carbonyl (C=O) groups is 3. The molecule has 1 atom stereocenters. The van der Waals surface area contributed by atoms with Crippen LogP contribution in [0.15, 0.2) is 72.9 Å². The molecule has 6 nitrogen and oxygen atoms in total. The summed E-state index contributed by atoms with van der Waals surface area (Å²) in [5.41, 5.74) is 0. The number of allylic oxidation sites excluding steroid dienone is 12. The molecule has 0 saturated carbocycles. The summed E-state index contributed by atoms with van der Waals surface area (Å²) in [4.78, 5) is 38.1. The van der Waals surface area contributed by atoms with Gasteiger partial charge in [0.15, 0.2) is 6.10 Å². The summed E-state index contributed by atoms with van der Waals surface area (Å²) in [6.07, 6.45) is 71.8. The Morgan fingerprint density at radius 1 is 0.309 bits per heavy atom. The second-order valence-corrected chi connectivity index (χ2v) is 19.2. The molecule has 0 radical (unpaired) electrons. The number of esters is 3. The Balaban J connectivity index is 4.45. The van der Waals surface area contributed by atoms with Crippen molar-refractivity contribution in [2.45, 2.75) is 290 Å². The van der Waals surface area contributed by atoms with Crippen molar-refractivity contribution in [3.05, 3.63) is 72.9 Å². The average Bonchev–Trinajstić information content (AvgIpc) is 3.34. The molecular weight excluding hydrogens is 841 g/mol. The fourth-order valence-corrected chi connectivity index (χ4v) is 8.12. The van der Waals surface area contributed by atoms with E-state index >= 15 is 0 Å². The lowest BCUT2D eigenvalue weighted by molar-refractivity contribution is -0.167. The maximum Gasteiger partial charge on any atom is 0.306 e. The van der Waals surface area contributed by atoms with E-state index in [1.807, 2.05) is 0 Å². The van der Waals surface area contributed by atoms with Crippen molar-refractivity contribution >= 4 is 17.9 Å². The van der Waals surface area contributed by atoms with Crippen LogP contribution in [0.2, 0.25) is 0 Å². The summed E-state index contributed by atoms with van der Waals surface area (Å²) < 4.78 is 16.8. The zero-order chi connectivity index (χ0) is 49.3. The smallest absolute Gasteiger partial charge is 0.306 e. The van der Waals surface area contributed by atoms with E-state index in [4.69, 9.17) is 14.2 Å². The van der Waals surface area contributed by atoms with Gasteiger partial charge in [-0.05, 0) is 83.5 Å². The molecule has 0 aliphatic carbocycles. The molecule has 0 spiro atoms. The molecule has 0 aromatic carbocycles. The van der Waals surface area contributed by atoms with E-state index in [1.165, 1.54) is 161 Å². The van der Waals surface area contributed by atoms with Gasteiger partial charge in [0.25, 0.3) is 0 Å². The lowest BCUT2D eigenvalue weighted by atomic mass is 10.0. The summed E-state index contributed by atoms with van der Waals surface area (Å²) in [6, 6.07) is 0. The Hall–Kier alpha value is -3.15. The second kappa shape index (κ2) is 56.4. The lowest BCUT2D eigenvalue weighted by Gasteiger charge is -2.18. The first-order chi connectivity index (χ1) is 33.5. The standard InChI is InChI=1S/C62H108O6/c1-4-7-10-13-16-19-22-25-28-30-32-34-37-40-43-46-49-52-55-61(64)67-58-59(57-66-60(63)54-51-48-45-42-39-36-33-27-24-21-18-15-12-9-6-3)68-62(65)56-53-50-47-44-41-38-35-31-29-26-23-20-17-14-11-8-5-2/h8,11,17,20,26,28-30,35,38,44,47,59H,4-7,9-10,12-16,18-19,21-25,27,31-34,36-37,39-43,45-46,48-58H2,1-3H3/b11-8-,20-17-,29-26-,30-28-,38-35-,47-44-. The highest BCUT2D eigenvalue weighted by Crippen LogP contribution is 2.16. The van der Waals surface area contributed by atoms with Gasteiger partial charge in [0.05, 0.1) is 0 Å². The molecule has 0 fully saturated rings. The van der Waals surface area contributed by atoms with Crippen LogP contribution in [0.5, 0.6) is 0 Å². The SMILES string of the molecule is CC/C=C\C/C=C\C/C=C\C/C=C\C/C=C\CCCC(=O)OC(COC(=O)CCCCCCCCC/C=C\CCCCCCCCC)COC(=O)CCCCCCCCCCCCCCCCC. The minimum absolute atomic E-state index is 0.0969. The first kappa shape index (κ1) is 64.8. The molecule has 6 heteroatoms. The van der Waals surface area contributed by atoms with Crippen LogP contribution < -0.4 is 0 Å². The Bertz CT molecular complexity index is 1270. The number of hydrogen-bond acceptors (Lipinski definition) is 6. The van der Waals surface area contributed by atoms with Gasteiger partial charge >= 0.3 is 17.9 Å². The Labute approximate surface area is 421 Å². The van der Waals surface area contributed by atoms with E-state index in [0.29, 0.717) is 19.3 Å². The van der Waals surface area contributed by atoms with Gasteiger partial charge in [0.2, 0.25) is 0 Å². The second-order valence-electron chi connectivity index (χ2n) is 19.2. The molecule has 0 rings (SSSR count). The van der Waals surface area contributed by atoms with Gasteiger partial charge < -0.3 is 14.2 Å². The Kier molecular flexibility index (Phi) is 53.8. The van der Waals surface area contributed by atoms with E-state index in [0.717, 1.165) is 77.0 Å². The molecule has 0 bridgehead atoms. The quantitative estimate of drug-likeness (QED) is 0.0262. The number of hydrogen-bond donors (Lipinski definition) is 0. The van der Waals surface area contributed by atoms with E-state index < -0.39 is 6.10 Å². The van der Waals surface area contributed by atoms with Crippen molar-refractivity contribution in [2.75, 3.05) is 13.2 Å². The minimum atomic E-state index is -0.805. The molecule has 0 saturated heterocycles. The number of unbranched alkanes of at least 4 members (excludes halogenated alkanes) is 29. The third-order valence-corrected chi connectivity index (χ3v) is 12.4. The van der Waals surface area contributed by atoms with Crippen molar-refractivity contribution in [2.24, 2.45) is 0 Å². The third-order valence-electron chi connectivity index (χ3n) is 12.4. The third kappa shape index (κ3) is 53.8. The molecule has 1 unspecified atom stereocenters. The zero-order valence-electron chi connectivity index (χ0n) is 44.9. The maximum atomic E-state index is 12.8. The molecule has 0 amide bonds. The predicted molar refractivity (Wildman–Crippen MR) is 293 cm³/mol. The Morgan fingerprint density at radius 3 is 0.956 bits per heavy atom. The number of rotatable bonds is 52. The average molecular weight is 950 g/mol. The predicted octanol–water partition coefficient (Wildman–Crippen LogP) is 19.4. The van der Waals surface area contributed by atoms with Crippen LogP contribution in [0.3, 0.4) is 0 Å². The van der Waals surface area contributed by atoms with Gasteiger partial charge in [0, 0.05) is 19.3 Å². The largest absolute Gasteiger partial charge is 0.462 e. The molecular formula is C62H108O6. The van der Waals surface area contributed by atoms with Gasteiger partial charge in [-0.3, -0.25) is 14.4 Å². The van der Waals surface area contributed by atoms with Crippen molar-refractivity contribution in [1.82, 2.24) is 0 Å². The molecule has 0 aromatic rings. The van der Waals surface area contributed by atoms with E-state index in [-0.39, 0.29) is 37.5 Å². The van der Waals surface area contributed by atoms with Crippen LogP contribution in [0.25, 0.3) is 0 Å². The summed E-state index contributed by atoms with van der Waals surface area (Å²) >= 11 is 0. The highest BCUT2D eigenvalue weighted by atomic mass is 16.6. The van der Waals surface area contributed by atoms with Crippen molar-refractivity contribution < 1.29 is 28.6 Å². The van der Waals surface area contributed by atoms with Crippen molar-refractivity contribution in [3.8, 4) is 0 Å². The van der Waals surface area contributed by atoms with Crippen LogP contribution in [0, 0.1) is 0 Å². The normalized spacial score (nSPS) is 12.6. The fraction of sp³-hybridized carbons (Fsp3) is 0.758. The summed E-state index contributed by atoms with van der Waals surface area (Å²) in [5, 5.41) is 0. The summed E-state index contributed by atoms with van der Waals surface area (Å²) in [5.74, 6) is -0.950. The molecule has 0 aromatic heterocycles. The molecule has 0 heterocycles. The van der Waals surface area contributed by atoms with Gasteiger partial charge in [-0.1, -0.05) is 254 Å². The van der Waals surface area contributed by atoms with E-state index in [1.54, 1.807) is 0 Å². The van der Waals surface area contributed by atoms with Crippen LogP contribution in [-0.4, -0.2) is 37.2 Å².